The molecule has 3 nitrogen and oxygen atoms in total. The molecule has 0 amide bonds. The van der Waals surface area contributed by atoms with E-state index in [1.807, 2.05) is 6.07 Å². The predicted octanol–water partition coefficient (Wildman–Crippen LogP) is 1.91. The lowest BCUT2D eigenvalue weighted by Crippen LogP contribution is -2.04. The van der Waals surface area contributed by atoms with Crippen LogP contribution in [0.2, 0.25) is 0 Å². The Morgan fingerprint density at radius 1 is 1.50 bits per heavy atom. The van der Waals surface area contributed by atoms with E-state index in [2.05, 4.69) is 0 Å². The molecule has 0 aliphatic heterocycles. The van der Waals surface area contributed by atoms with E-state index in [-0.39, 0.29) is 6.42 Å². The largest absolute Gasteiger partial charge is 0.481 e. The highest BCUT2D eigenvalue weighted by Gasteiger charge is 2.14. The van der Waals surface area contributed by atoms with Crippen LogP contribution in [0.25, 0.3) is 0 Å². The molecule has 0 aromatic heterocycles. The molecule has 1 aromatic rings. The van der Waals surface area contributed by atoms with Crippen molar-refractivity contribution in [2.24, 2.45) is 0 Å². The standard InChI is InChI=1S/C10H8FNO2/c11-9-3-1-7(2-4-9)8(6-12)5-10(13)14/h1-4,8H,5H2,(H,13,14)/t8-/m0/s1. The van der Waals surface area contributed by atoms with Crippen molar-refractivity contribution in [2.75, 3.05) is 0 Å². The minimum atomic E-state index is -1.04. The Kier molecular flexibility index (Phi) is 3.19. The summed E-state index contributed by atoms with van der Waals surface area (Å²) in [5, 5.41) is 17.2. The van der Waals surface area contributed by atoms with Gasteiger partial charge in [-0.3, -0.25) is 4.79 Å². The Balaban J connectivity index is 2.85. The number of carboxylic acid groups (broad SMARTS) is 1. The zero-order valence-electron chi connectivity index (χ0n) is 7.27. The number of hydrogen-bond donors (Lipinski definition) is 1. The van der Waals surface area contributed by atoms with Gasteiger partial charge in [-0.05, 0) is 17.7 Å². The smallest absolute Gasteiger partial charge is 0.305 e. The number of carbonyl (C=O) groups is 1. The van der Waals surface area contributed by atoms with E-state index in [1.165, 1.54) is 24.3 Å². The summed E-state index contributed by atoms with van der Waals surface area (Å²) in [6.07, 6.45) is -0.262. The molecular weight excluding hydrogens is 185 g/mol. The lowest BCUT2D eigenvalue weighted by Gasteiger charge is -2.05. The van der Waals surface area contributed by atoms with E-state index in [4.69, 9.17) is 10.4 Å². The molecule has 0 saturated heterocycles. The topological polar surface area (TPSA) is 61.1 Å². The fraction of sp³-hybridized carbons (Fsp3) is 0.200. The molecule has 4 heteroatoms. The van der Waals surface area contributed by atoms with Crippen molar-refractivity contribution in [1.82, 2.24) is 0 Å². The van der Waals surface area contributed by atoms with Crippen LogP contribution >= 0.6 is 0 Å². The number of rotatable bonds is 3. The molecule has 0 radical (unpaired) electrons. The highest BCUT2D eigenvalue weighted by atomic mass is 19.1. The average Bonchev–Trinajstić information content (AvgIpc) is 2.15. The summed E-state index contributed by atoms with van der Waals surface area (Å²) in [7, 11) is 0. The highest BCUT2D eigenvalue weighted by molar-refractivity contribution is 5.68. The molecule has 0 spiro atoms. The van der Waals surface area contributed by atoms with Gasteiger partial charge in [0.2, 0.25) is 0 Å². The van der Waals surface area contributed by atoms with Crippen molar-refractivity contribution in [2.45, 2.75) is 12.3 Å². The van der Waals surface area contributed by atoms with Gasteiger partial charge in [0.1, 0.15) is 5.82 Å². The van der Waals surface area contributed by atoms with Crippen LogP contribution in [0.4, 0.5) is 4.39 Å². The second-order valence-corrected chi connectivity index (χ2v) is 2.83. The molecule has 1 rings (SSSR count). The first kappa shape index (κ1) is 10.2. The van der Waals surface area contributed by atoms with Gasteiger partial charge in [-0.1, -0.05) is 12.1 Å². The zero-order valence-corrected chi connectivity index (χ0v) is 7.27. The van der Waals surface area contributed by atoms with E-state index in [9.17, 15) is 9.18 Å². The van der Waals surface area contributed by atoms with Crippen LogP contribution in [0.3, 0.4) is 0 Å². The third-order valence-electron chi connectivity index (χ3n) is 1.81. The monoisotopic (exact) mass is 193 g/mol. The Morgan fingerprint density at radius 2 is 2.07 bits per heavy atom. The minimum Gasteiger partial charge on any atom is -0.481 e. The van der Waals surface area contributed by atoms with Crippen LogP contribution in [0, 0.1) is 17.1 Å². The van der Waals surface area contributed by atoms with Gasteiger partial charge < -0.3 is 5.11 Å². The van der Waals surface area contributed by atoms with Crippen LogP contribution < -0.4 is 0 Å². The first-order chi connectivity index (χ1) is 6.63. The molecule has 72 valence electrons. The van der Waals surface area contributed by atoms with Gasteiger partial charge in [0.25, 0.3) is 0 Å². The molecule has 14 heavy (non-hydrogen) atoms. The van der Waals surface area contributed by atoms with Crippen molar-refractivity contribution >= 4 is 5.97 Å². The third kappa shape index (κ3) is 2.56. The van der Waals surface area contributed by atoms with Crippen LogP contribution in [-0.2, 0) is 4.79 Å². The second kappa shape index (κ2) is 4.38. The van der Waals surface area contributed by atoms with Crippen LogP contribution in [0.5, 0.6) is 0 Å². The molecule has 0 bridgehead atoms. The summed E-state index contributed by atoms with van der Waals surface area (Å²) in [5.74, 6) is -2.16. The lowest BCUT2D eigenvalue weighted by atomic mass is 9.97. The summed E-state index contributed by atoms with van der Waals surface area (Å²) < 4.78 is 12.5. The Bertz CT molecular complexity index is 367. The maximum absolute atomic E-state index is 12.5. The molecule has 1 aromatic carbocycles. The number of hydrogen-bond acceptors (Lipinski definition) is 2. The average molecular weight is 193 g/mol. The van der Waals surface area contributed by atoms with Crippen LogP contribution in [0.1, 0.15) is 17.9 Å². The van der Waals surface area contributed by atoms with E-state index in [0.29, 0.717) is 5.56 Å². The van der Waals surface area contributed by atoms with E-state index < -0.39 is 17.7 Å². The van der Waals surface area contributed by atoms with Crippen LogP contribution in [0.15, 0.2) is 24.3 Å². The fourth-order valence-electron chi connectivity index (χ4n) is 1.11. The SMILES string of the molecule is N#C[C@H](CC(=O)O)c1ccc(F)cc1. The highest BCUT2D eigenvalue weighted by Crippen LogP contribution is 2.18. The Morgan fingerprint density at radius 3 is 2.50 bits per heavy atom. The van der Waals surface area contributed by atoms with Crippen molar-refractivity contribution in [3.63, 3.8) is 0 Å². The number of halogens is 1. The molecule has 0 fully saturated rings. The van der Waals surface area contributed by atoms with Gasteiger partial charge in [-0.15, -0.1) is 0 Å². The van der Waals surface area contributed by atoms with Gasteiger partial charge >= 0.3 is 5.97 Å². The Hall–Kier alpha value is -1.89. The number of benzene rings is 1. The van der Waals surface area contributed by atoms with E-state index in [1.54, 1.807) is 0 Å². The third-order valence-corrected chi connectivity index (χ3v) is 1.81. The van der Waals surface area contributed by atoms with Crippen molar-refractivity contribution in [1.29, 1.82) is 5.26 Å². The van der Waals surface area contributed by atoms with Gasteiger partial charge in [-0.25, -0.2) is 4.39 Å². The summed E-state index contributed by atoms with van der Waals surface area (Å²) >= 11 is 0. The molecule has 0 heterocycles. The van der Waals surface area contributed by atoms with Crippen molar-refractivity contribution in [3.8, 4) is 6.07 Å². The first-order valence-corrected chi connectivity index (χ1v) is 4.00. The second-order valence-electron chi connectivity index (χ2n) is 2.83. The normalized spacial score (nSPS) is 11.7. The molecular formula is C10H8FNO2. The fourth-order valence-corrected chi connectivity index (χ4v) is 1.11. The minimum absolute atomic E-state index is 0.262. The van der Waals surface area contributed by atoms with Crippen molar-refractivity contribution < 1.29 is 14.3 Å². The lowest BCUT2D eigenvalue weighted by molar-refractivity contribution is -0.137. The maximum Gasteiger partial charge on any atom is 0.305 e. The molecule has 1 N–H and O–H groups in total. The van der Waals surface area contributed by atoms with Gasteiger partial charge in [0, 0.05) is 0 Å². The molecule has 1 atom stereocenters. The van der Waals surface area contributed by atoms with Gasteiger partial charge in [-0.2, -0.15) is 5.26 Å². The number of nitriles is 1. The number of carboxylic acids is 1. The summed E-state index contributed by atoms with van der Waals surface area (Å²) in [4.78, 5) is 10.4. The summed E-state index contributed by atoms with van der Waals surface area (Å²) in [6, 6.07) is 7.13. The molecule has 0 saturated carbocycles. The maximum atomic E-state index is 12.5. The van der Waals surface area contributed by atoms with Gasteiger partial charge in [0.05, 0.1) is 18.4 Å². The predicted molar refractivity (Wildman–Crippen MR) is 47.0 cm³/mol. The van der Waals surface area contributed by atoms with Gasteiger partial charge in [0.15, 0.2) is 0 Å². The summed E-state index contributed by atoms with van der Waals surface area (Å²) in [5.41, 5.74) is 0.524. The molecule has 0 aliphatic carbocycles. The van der Waals surface area contributed by atoms with E-state index in [0.717, 1.165) is 0 Å². The van der Waals surface area contributed by atoms with Crippen LogP contribution in [-0.4, -0.2) is 11.1 Å². The molecule has 0 aliphatic rings. The summed E-state index contributed by atoms with van der Waals surface area (Å²) in [6.45, 7) is 0. The molecule has 0 unspecified atom stereocenters. The quantitative estimate of drug-likeness (QED) is 0.797. The van der Waals surface area contributed by atoms with E-state index >= 15 is 0 Å². The number of aliphatic carboxylic acids is 1. The first-order valence-electron chi connectivity index (χ1n) is 4.00. The number of nitrogens with zero attached hydrogens (tertiary/aromatic N) is 1. The van der Waals surface area contributed by atoms with Crippen molar-refractivity contribution in [3.05, 3.63) is 35.6 Å². The zero-order chi connectivity index (χ0) is 10.6. The Labute approximate surface area is 80.4 Å².